The quantitative estimate of drug-likeness (QED) is 0.489. The third-order valence-corrected chi connectivity index (χ3v) is 6.46. The molecule has 2 aromatic carbocycles. The van der Waals surface area contributed by atoms with Crippen LogP contribution in [0.15, 0.2) is 82.0 Å². The van der Waals surface area contributed by atoms with Crippen LogP contribution in [0.3, 0.4) is 0 Å². The van der Waals surface area contributed by atoms with Crippen LogP contribution in [0.4, 0.5) is 0 Å². The molecule has 1 amide bonds. The van der Waals surface area contributed by atoms with Crippen molar-refractivity contribution in [3.8, 4) is 11.5 Å². The Labute approximate surface area is 209 Å². The van der Waals surface area contributed by atoms with Gasteiger partial charge in [0.1, 0.15) is 11.5 Å². The Morgan fingerprint density at radius 1 is 1.11 bits per heavy atom. The van der Waals surface area contributed by atoms with Crippen molar-refractivity contribution in [3.05, 3.63) is 82.5 Å². The van der Waals surface area contributed by atoms with Crippen molar-refractivity contribution in [1.29, 1.82) is 0 Å². The van der Waals surface area contributed by atoms with Gasteiger partial charge in [-0.3, -0.25) is 4.79 Å². The van der Waals surface area contributed by atoms with Crippen molar-refractivity contribution in [1.82, 2.24) is 10.2 Å². The molecule has 0 spiro atoms. The Bertz CT molecular complexity index is 1200. The van der Waals surface area contributed by atoms with Gasteiger partial charge in [0.25, 0.3) is 0 Å². The highest BCUT2D eigenvalue weighted by molar-refractivity contribution is 8.16. The highest BCUT2D eigenvalue weighted by Gasteiger charge is 2.41. The van der Waals surface area contributed by atoms with E-state index < -0.39 is 12.0 Å². The van der Waals surface area contributed by atoms with E-state index in [1.54, 1.807) is 0 Å². The molecular weight excluding hydrogens is 462 g/mol. The molecule has 0 saturated heterocycles. The summed E-state index contributed by atoms with van der Waals surface area (Å²) in [6.07, 6.45) is 0.749. The minimum Gasteiger partial charge on any atom is -0.466 e. The van der Waals surface area contributed by atoms with Gasteiger partial charge in [0.05, 0.1) is 30.8 Å². The minimum absolute atomic E-state index is 0.0338. The fourth-order valence-electron chi connectivity index (χ4n) is 4.14. The zero-order valence-electron chi connectivity index (χ0n) is 20.3. The van der Waals surface area contributed by atoms with E-state index in [1.807, 2.05) is 85.7 Å². The van der Waals surface area contributed by atoms with Crippen LogP contribution < -0.4 is 10.1 Å². The number of para-hydroxylation sites is 1. The van der Waals surface area contributed by atoms with Gasteiger partial charge < -0.3 is 19.7 Å². The smallest absolute Gasteiger partial charge is 0.338 e. The SMILES string of the molecule is CCC1=C(C(=O)OC)[C@@H](c2cccc(Oc3ccccc3)c2)N2C(CC(=O)NC(C)C)=CSC2=N1. The molecule has 2 aliphatic heterocycles. The van der Waals surface area contributed by atoms with E-state index in [1.165, 1.54) is 18.9 Å². The van der Waals surface area contributed by atoms with E-state index in [0.29, 0.717) is 23.4 Å². The van der Waals surface area contributed by atoms with Crippen LogP contribution in [0.5, 0.6) is 11.5 Å². The van der Waals surface area contributed by atoms with Crippen LogP contribution in [0.1, 0.15) is 45.2 Å². The van der Waals surface area contributed by atoms with Gasteiger partial charge in [0.2, 0.25) is 5.91 Å². The lowest BCUT2D eigenvalue weighted by atomic mass is 9.92. The minimum atomic E-state index is -0.502. The predicted octanol–water partition coefficient (Wildman–Crippen LogP) is 5.53. The average molecular weight is 492 g/mol. The number of rotatable bonds is 8. The van der Waals surface area contributed by atoms with Gasteiger partial charge in [-0.2, -0.15) is 0 Å². The van der Waals surface area contributed by atoms with Crippen LogP contribution in [-0.4, -0.2) is 35.1 Å². The van der Waals surface area contributed by atoms with E-state index in [9.17, 15) is 9.59 Å². The first-order valence-electron chi connectivity index (χ1n) is 11.6. The van der Waals surface area contributed by atoms with E-state index in [4.69, 9.17) is 14.5 Å². The van der Waals surface area contributed by atoms with Crippen LogP contribution in [-0.2, 0) is 14.3 Å². The van der Waals surface area contributed by atoms with E-state index in [0.717, 1.165) is 22.2 Å². The molecule has 0 bridgehead atoms. The second-order valence-corrected chi connectivity index (χ2v) is 9.32. The van der Waals surface area contributed by atoms with Crippen molar-refractivity contribution in [2.45, 2.75) is 45.7 Å². The Kier molecular flexibility index (Phi) is 7.60. The van der Waals surface area contributed by atoms with Gasteiger partial charge in [-0.05, 0) is 55.5 Å². The molecule has 8 heteroatoms. The third kappa shape index (κ3) is 5.43. The number of amidine groups is 1. The summed E-state index contributed by atoms with van der Waals surface area (Å²) >= 11 is 1.46. The van der Waals surface area contributed by atoms with Crippen LogP contribution >= 0.6 is 11.8 Å². The molecule has 35 heavy (non-hydrogen) atoms. The number of esters is 1. The molecule has 182 valence electrons. The number of allylic oxidation sites excluding steroid dienone is 1. The molecule has 2 heterocycles. The molecule has 0 radical (unpaired) electrons. The van der Waals surface area contributed by atoms with E-state index in [-0.39, 0.29) is 18.4 Å². The van der Waals surface area contributed by atoms with E-state index in [2.05, 4.69) is 5.32 Å². The number of carbonyl (C=O) groups excluding carboxylic acids is 2. The van der Waals surface area contributed by atoms with Gasteiger partial charge in [-0.15, -0.1) is 0 Å². The number of methoxy groups -OCH3 is 1. The molecule has 0 aromatic heterocycles. The molecule has 4 rings (SSSR count). The second kappa shape index (κ2) is 10.8. The molecule has 1 N–H and O–H groups in total. The summed E-state index contributed by atoms with van der Waals surface area (Å²) in [7, 11) is 1.37. The Hall–Kier alpha value is -3.52. The van der Waals surface area contributed by atoms with Crippen LogP contribution in [0.25, 0.3) is 0 Å². The molecule has 0 saturated carbocycles. The van der Waals surface area contributed by atoms with Crippen molar-refractivity contribution in [2.75, 3.05) is 7.11 Å². The number of hydrogen-bond acceptors (Lipinski definition) is 7. The highest BCUT2D eigenvalue weighted by atomic mass is 32.2. The Morgan fingerprint density at radius 3 is 2.54 bits per heavy atom. The van der Waals surface area contributed by atoms with Gasteiger partial charge in [0.15, 0.2) is 5.17 Å². The number of benzene rings is 2. The summed E-state index contributed by atoms with van der Waals surface area (Å²) in [6, 6.07) is 16.7. The lowest BCUT2D eigenvalue weighted by Crippen LogP contribution is -2.38. The Morgan fingerprint density at radius 2 is 1.86 bits per heavy atom. The molecule has 0 fully saturated rings. The van der Waals surface area contributed by atoms with Crippen LogP contribution in [0.2, 0.25) is 0 Å². The molecular formula is C27H29N3O4S. The number of hydrogen-bond donors (Lipinski definition) is 1. The number of ether oxygens (including phenoxy) is 2. The lowest BCUT2D eigenvalue weighted by molar-refractivity contribution is -0.136. The predicted molar refractivity (Wildman–Crippen MR) is 138 cm³/mol. The van der Waals surface area contributed by atoms with Gasteiger partial charge in [-0.1, -0.05) is 49.0 Å². The monoisotopic (exact) mass is 491 g/mol. The maximum Gasteiger partial charge on any atom is 0.338 e. The maximum atomic E-state index is 13.0. The van der Waals surface area contributed by atoms with Gasteiger partial charge in [0, 0.05) is 11.7 Å². The third-order valence-electron chi connectivity index (χ3n) is 5.57. The Balaban J connectivity index is 1.76. The summed E-state index contributed by atoms with van der Waals surface area (Å²) < 4.78 is 11.3. The second-order valence-electron chi connectivity index (χ2n) is 8.49. The van der Waals surface area contributed by atoms with Crippen molar-refractivity contribution >= 4 is 28.8 Å². The first kappa shape index (κ1) is 24.6. The number of amides is 1. The number of aliphatic imine (C=N–C) groups is 1. The number of thioether (sulfide) groups is 1. The zero-order chi connectivity index (χ0) is 24.9. The number of fused-ring (bicyclic) bond motifs is 1. The molecule has 7 nitrogen and oxygen atoms in total. The first-order chi connectivity index (χ1) is 16.9. The fraction of sp³-hybridized carbons (Fsp3) is 0.296. The number of nitrogens with zero attached hydrogens (tertiary/aromatic N) is 2. The lowest BCUT2D eigenvalue weighted by Gasteiger charge is -2.36. The number of nitrogens with one attached hydrogen (secondary N) is 1. The highest BCUT2D eigenvalue weighted by Crippen LogP contribution is 2.46. The first-order valence-corrected chi connectivity index (χ1v) is 12.5. The normalized spacial score (nSPS) is 17.1. The van der Waals surface area contributed by atoms with Gasteiger partial charge >= 0.3 is 5.97 Å². The van der Waals surface area contributed by atoms with Crippen LogP contribution in [0, 0.1) is 0 Å². The van der Waals surface area contributed by atoms with E-state index >= 15 is 0 Å². The molecule has 2 aliphatic rings. The summed E-state index contributed by atoms with van der Waals surface area (Å²) in [4.78, 5) is 32.4. The largest absolute Gasteiger partial charge is 0.466 e. The zero-order valence-corrected chi connectivity index (χ0v) is 21.1. The fourth-order valence-corrected chi connectivity index (χ4v) is 5.08. The standard InChI is InChI=1S/C27H29N3O4S/c1-5-22-24(26(32)33-4)25(18-10-9-13-21(14-18)34-20-11-7-6-8-12-20)30-19(16-35-27(30)29-22)15-23(31)28-17(2)3/h6-14,16-17,25H,5,15H2,1-4H3,(H,28,31)/t25-/m1/s1. The topological polar surface area (TPSA) is 80.2 Å². The molecule has 0 aliphatic carbocycles. The number of carbonyl (C=O) groups is 2. The molecule has 2 aromatic rings. The molecule has 1 atom stereocenters. The summed E-state index contributed by atoms with van der Waals surface area (Å²) in [5, 5.41) is 5.61. The van der Waals surface area contributed by atoms with Gasteiger partial charge in [-0.25, -0.2) is 9.79 Å². The van der Waals surface area contributed by atoms with Crippen molar-refractivity contribution in [2.24, 2.45) is 4.99 Å². The van der Waals surface area contributed by atoms with Crippen molar-refractivity contribution in [3.63, 3.8) is 0 Å². The summed E-state index contributed by atoms with van der Waals surface area (Å²) in [5.74, 6) is 0.843. The van der Waals surface area contributed by atoms with Crippen molar-refractivity contribution < 1.29 is 19.1 Å². The summed E-state index contributed by atoms with van der Waals surface area (Å²) in [6.45, 7) is 5.82. The maximum absolute atomic E-state index is 13.0. The molecule has 0 unspecified atom stereocenters. The summed E-state index contributed by atoms with van der Waals surface area (Å²) in [5.41, 5.74) is 2.77. The average Bonchev–Trinajstić information content (AvgIpc) is 3.24.